The summed E-state index contributed by atoms with van der Waals surface area (Å²) in [6.45, 7) is 7.81. The zero-order valence-corrected chi connectivity index (χ0v) is 12.0. The Kier molecular flexibility index (Phi) is 5.81. The van der Waals surface area contributed by atoms with Gasteiger partial charge in [0.2, 0.25) is 0 Å². The number of hydrogen-bond donors (Lipinski definition) is 0. The molecule has 0 saturated carbocycles. The lowest BCUT2D eigenvalue weighted by molar-refractivity contribution is 0.625. The number of hydrogen-bond acceptors (Lipinski definition) is 2. The number of aromatic nitrogens is 1. The van der Waals surface area contributed by atoms with Crippen molar-refractivity contribution in [3.8, 4) is 0 Å². The van der Waals surface area contributed by atoms with E-state index in [9.17, 15) is 0 Å². The molecule has 2 nitrogen and oxygen atoms in total. The van der Waals surface area contributed by atoms with Gasteiger partial charge < -0.3 is 4.90 Å². The lowest BCUT2D eigenvalue weighted by atomic mass is 10.2. The molecule has 1 aromatic rings. The molecule has 90 valence electrons. The van der Waals surface area contributed by atoms with E-state index in [2.05, 4.69) is 52.7 Å². The maximum Gasteiger partial charge on any atom is 0.0566 e. The summed E-state index contributed by atoms with van der Waals surface area (Å²) in [5.74, 6) is 0. The van der Waals surface area contributed by atoms with E-state index in [-0.39, 0.29) is 0 Å². The molecule has 16 heavy (non-hydrogen) atoms. The molecule has 0 aliphatic heterocycles. The van der Waals surface area contributed by atoms with Gasteiger partial charge in [0.15, 0.2) is 0 Å². The minimum Gasteiger partial charge on any atom is -0.368 e. The second kappa shape index (κ2) is 6.89. The molecule has 0 aromatic carbocycles. The Balaban J connectivity index is 2.69. The lowest BCUT2D eigenvalue weighted by Gasteiger charge is -2.28. The maximum absolute atomic E-state index is 4.23. The fourth-order valence-corrected chi connectivity index (χ4v) is 2.13. The Morgan fingerprint density at radius 1 is 1.31 bits per heavy atom. The highest BCUT2D eigenvalue weighted by Crippen LogP contribution is 2.20. The van der Waals surface area contributed by atoms with Crippen molar-refractivity contribution in [1.82, 2.24) is 4.98 Å². The first kappa shape index (κ1) is 13.5. The first-order chi connectivity index (χ1) is 7.65. The SMILES string of the molecule is CCCCCN(c1cncc(Br)c1)C(C)C. The molecule has 0 radical (unpaired) electrons. The average molecular weight is 285 g/mol. The summed E-state index contributed by atoms with van der Waals surface area (Å²) in [6, 6.07) is 2.66. The van der Waals surface area contributed by atoms with E-state index in [0.29, 0.717) is 6.04 Å². The molecule has 0 fully saturated rings. The van der Waals surface area contributed by atoms with Gasteiger partial charge in [-0.2, -0.15) is 0 Å². The maximum atomic E-state index is 4.23. The Hall–Kier alpha value is -0.570. The molecular formula is C13H21BrN2. The van der Waals surface area contributed by atoms with Gasteiger partial charge in [-0.25, -0.2) is 0 Å². The molecule has 0 N–H and O–H groups in total. The van der Waals surface area contributed by atoms with Crippen molar-refractivity contribution in [1.29, 1.82) is 0 Å². The third-order valence-electron chi connectivity index (χ3n) is 2.65. The number of anilines is 1. The van der Waals surface area contributed by atoms with E-state index >= 15 is 0 Å². The minimum absolute atomic E-state index is 0.521. The monoisotopic (exact) mass is 284 g/mol. The summed E-state index contributed by atoms with van der Waals surface area (Å²) in [4.78, 5) is 6.64. The molecule has 3 heteroatoms. The number of halogens is 1. The van der Waals surface area contributed by atoms with Crippen LogP contribution in [0.25, 0.3) is 0 Å². The summed E-state index contributed by atoms with van der Waals surface area (Å²) >= 11 is 3.47. The van der Waals surface area contributed by atoms with Crippen molar-refractivity contribution in [3.63, 3.8) is 0 Å². The van der Waals surface area contributed by atoms with Gasteiger partial charge in [0.25, 0.3) is 0 Å². The summed E-state index contributed by atoms with van der Waals surface area (Å²) in [5.41, 5.74) is 1.21. The summed E-state index contributed by atoms with van der Waals surface area (Å²) in [7, 11) is 0. The van der Waals surface area contributed by atoms with Crippen LogP contribution in [0.15, 0.2) is 22.9 Å². The molecule has 1 heterocycles. The molecule has 0 saturated heterocycles. The Morgan fingerprint density at radius 2 is 2.06 bits per heavy atom. The molecule has 0 spiro atoms. The van der Waals surface area contributed by atoms with Crippen LogP contribution in [0, 0.1) is 0 Å². The smallest absolute Gasteiger partial charge is 0.0566 e. The van der Waals surface area contributed by atoms with Crippen LogP contribution in [0.5, 0.6) is 0 Å². The van der Waals surface area contributed by atoms with E-state index < -0.39 is 0 Å². The van der Waals surface area contributed by atoms with Gasteiger partial charge in [-0.3, -0.25) is 4.98 Å². The van der Waals surface area contributed by atoms with Gasteiger partial charge in [-0.05, 0) is 42.3 Å². The van der Waals surface area contributed by atoms with Gasteiger partial charge in [0.05, 0.1) is 11.9 Å². The average Bonchev–Trinajstić information content (AvgIpc) is 2.24. The molecule has 1 rings (SSSR count). The molecule has 0 aliphatic rings. The second-order valence-electron chi connectivity index (χ2n) is 4.36. The zero-order chi connectivity index (χ0) is 12.0. The number of unbranched alkanes of at least 4 members (excludes halogenated alkanes) is 2. The van der Waals surface area contributed by atoms with Crippen molar-refractivity contribution < 1.29 is 0 Å². The number of nitrogens with zero attached hydrogens (tertiary/aromatic N) is 2. The first-order valence-corrected chi connectivity index (χ1v) is 6.81. The number of rotatable bonds is 6. The largest absolute Gasteiger partial charge is 0.368 e. The lowest BCUT2D eigenvalue weighted by Crippen LogP contribution is -2.31. The van der Waals surface area contributed by atoms with Crippen LogP contribution in [-0.2, 0) is 0 Å². The van der Waals surface area contributed by atoms with Crippen LogP contribution < -0.4 is 4.90 Å². The van der Waals surface area contributed by atoms with Crippen LogP contribution >= 0.6 is 15.9 Å². The quantitative estimate of drug-likeness (QED) is 0.726. The molecule has 0 bridgehead atoms. The standard InChI is InChI=1S/C13H21BrN2/c1-4-5-6-7-16(11(2)3)13-8-12(14)9-15-10-13/h8-11H,4-7H2,1-3H3. The molecule has 0 unspecified atom stereocenters. The Morgan fingerprint density at radius 3 is 2.62 bits per heavy atom. The highest BCUT2D eigenvalue weighted by molar-refractivity contribution is 9.10. The van der Waals surface area contributed by atoms with Crippen molar-refractivity contribution >= 4 is 21.6 Å². The van der Waals surface area contributed by atoms with Gasteiger partial charge in [-0.1, -0.05) is 19.8 Å². The van der Waals surface area contributed by atoms with E-state index in [1.54, 1.807) is 0 Å². The van der Waals surface area contributed by atoms with Crippen molar-refractivity contribution in [2.24, 2.45) is 0 Å². The van der Waals surface area contributed by atoms with Crippen molar-refractivity contribution in [3.05, 3.63) is 22.9 Å². The van der Waals surface area contributed by atoms with E-state index in [1.165, 1.54) is 24.9 Å². The third kappa shape index (κ3) is 4.12. The highest BCUT2D eigenvalue weighted by Gasteiger charge is 2.10. The normalized spacial score (nSPS) is 10.8. The van der Waals surface area contributed by atoms with Gasteiger partial charge >= 0.3 is 0 Å². The summed E-state index contributed by atoms with van der Waals surface area (Å²) in [5, 5.41) is 0. The topological polar surface area (TPSA) is 16.1 Å². The first-order valence-electron chi connectivity index (χ1n) is 6.02. The van der Waals surface area contributed by atoms with Crippen LogP contribution in [0.4, 0.5) is 5.69 Å². The van der Waals surface area contributed by atoms with Crippen molar-refractivity contribution in [2.75, 3.05) is 11.4 Å². The zero-order valence-electron chi connectivity index (χ0n) is 10.4. The Labute approximate surface area is 107 Å². The molecule has 0 aliphatic carbocycles. The van der Waals surface area contributed by atoms with E-state index in [0.717, 1.165) is 11.0 Å². The van der Waals surface area contributed by atoms with Crippen LogP contribution in [0.1, 0.15) is 40.0 Å². The molecule has 0 atom stereocenters. The van der Waals surface area contributed by atoms with Crippen LogP contribution in [0.2, 0.25) is 0 Å². The van der Waals surface area contributed by atoms with Gasteiger partial charge in [0.1, 0.15) is 0 Å². The predicted octanol–water partition coefficient (Wildman–Crippen LogP) is 4.25. The van der Waals surface area contributed by atoms with E-state index in [4.69, 9.17) is 0 Å². The second-order valence-corrected chi connectivity index (χ2v) is 5.27. The highest BCUT2D eigenvalue weighted by atomic mass is 79.9. The van der Waals surface area contributed by atoms with Crippen LogP contribution in [0.3, 0.4) is 0 Å². The molecule has 1 aromatic heterocycles. The molecular weight excluding hydrogens is 264 g/mol. The van der Waals surface area contributed by atoms with Crippen molar-refractivity contribution in [2.45, 2.75) is 46.1 Å². The van der Waals surface area contributed by atoms with E-state index in [1.807, 2.05) is 12.4 Å². The fraction of sp³-hybridized carbons (Fsp3) is 0.615. The van der Waals surface area contributed by atoms with Gasteiger partial charge in [0, 0.05) is 23.3 Å². The summed E-state index contributed by atoms with van der Waals surface area (Å²) < 4.78 is 1.05. The fourth-order valence-electron chi connectivity index (χ4n) is 1.78. The predicted molar refractivity (Wildman–Crippen MR) is 73.9 cm³/mol. The summed E-state index contributed by atoms with van der Waals surface area (Å²) in [6.07, 6.45) is 7.58. The Bertz CT molecular complexity index is 313. The molecule has 0 amide bonds. The number of pyridine rings is 1. The third-order valence-corrected chi connectivity index (χ3v) is 3.08. The minimum atomic E-state index is 0.521. The van der Waals surface area contributed by atoms with Gasteiger partial charge in [-0.15, -0.1) is 0 Å². The van der Waals surface area contributed by atoms with Crippen LogP contribution in [-0.4, -0.2) is 17.6 Å².